The molecule has 1 N–H and O–H groups in total. The van der Waals surface area contributed by atoms with Crippen LogP contribution in [0.25, 0.3) is 0 Å². The maximum atomic E-state index is 12.2. The van der Waals surface area contributed by atoms with Crippen molar-refractivity contribution in [1.29, 1.82) is 0 Å². The molecule has 8 heteroatoms. The summed E-state index contributed by atoms with van der Waals surface area (Å²) >= 11 is 0. The van der Waals surface area contributed by atoms with Crippen molar-refractivity contribution >= 4 is 17.8 Å². The topological polar surface area (TPSA) is 107 Å². The molecule has 176 valence electrons. The summed E-state index contributed by atoms with van der Waals surface area (Å²) in [5.74, 6) is -1.08. The molecule has 1 aliphatic carbocycles. The Kier molecular flexibility index (Phi) is 6.93. The number of amides is 1. The van der Waals surface area contributed by atoms with E-state index in [1.165, 1.54) is 0 Å². The van der Waals surface area contributed by atoms with Gasteiger partial charge in [-0.25, -0.2) is 4.79 Å². The molecule has 0 spiro atoms. The Hall–Kier alpha value is -3.00. The normalized spacial score (nSPS) is 30.2. The Morgan fingerprint density at radius 3 is 2.97 bits per heavy atom. The van der Waals surface area contributed by atoms with E-state index in [9.17, 15) is 14.4 Å². The molecule has 0 aromatic carbocycles. The fourth-order valence-corrected chi connectivity index (χ4v) is 4.49. The number of rotatable bonds is 7. The summed E-state index contributed by atoms with van der Waals surface area (Å²) in [6.07, 6.45) is 6.42. The van der Waals surface area contributed by atoms with Crippen LogP contribution in [0, 0.1) is 5.92 Å². The molecule has 0 radical (unpaired) electrons. The van der Waals surface area contributed by atoms with Gasteiger partial charge >= 0.3 is 11.9 Å². The molecule has 1 amide bonds. The van der Waals surface area contributed by atoms with E-state index < -0.39 is 5.97 Å². The Morgan fingerprint density at radius 1 is 1.33 bits per heavy atom. The van der Waals surface area contributed by atoms with Gasteiger partial charge in [-0.05, 0) is 50.3 Å². The van der Waals surface area contributed by atoms with Crippen LogP contribution in [-0.4, -0.2) is 47.2 Å². The average molecular weight is 455 g/mol. The molecule has 3 heterocycles. The molecule has 1 aromatic heterocycles. The van der Waals surface area contributed by atoms with Gasteiger partial charge in [0, 0.05) is 24.1 Å². The lowest BCUT2D eigenvalue weighted by atomic mass is 9.84. The van der Waals surface area contributed by atoms with Crippen molar-refractivity contribution < 1.29 is 28.6 Å². The molecule has 1 aromatic rings. The van der Waals surface area contributed by atoms with Crippen LogP contribution in [0.5, 0.6) is 0 Å². The van der Waals surface area contributed by atoms with E-state index in [1.54, 1.807) is 6.20 Å². The van der Waals surface area contributed by atoms with Gasteiger partial charge in [-0.3, -0.25) is 14.6 Å². The minimum absolute atomic E-state index is 0.0127. The highest BCUT2D eigenvalue weighted by Gasteiger charge is 2.61. The second-order valence-corrected chi connectivity index (χ2v) is 9.05. The highest BCUT2D eigenvalue weighted by Crippen LogP contribution is 2.49. The van der Waals surface area contributed by atoms with Gasteiger partial charge in [0.15, 0.2) is 0 Å². The van der Waals surface area contributed by atoms with Crippen LogP contribution in [0.4, 0.5) is 0 Å². The zero-order chi connectivity index (χ0) is 23.4. The number of epoxide rings is 1. The number of carbonyl (C=O) groups is 3. The third kappa shape index (κ3) is 5.68. The van der Waals surface area contributed by atoms with E-state index >= 15 is 0 Å². The van der Waals surface area contributed by atoms with Gasteiger partial charge < -0.3 is 19.5 Å². The number of ether oxygens (including phenoxy) is 3. The van der Waals surface area contributed by atoms with Gasteiger partial charge in [-0.15, -0.1) is 0 Å². The van der Waals surface area contributed by atoms with Gasteiger partial charge in [0.2, 0.25) is 5.91 Å². The molecule has 0 bridgehead atoms. The number of nitrogens with one attached hydrogen (secondary N) is 1. The maximum Gasteiger partial charge on any atom is 0.334 e. The average Bonchev–Trinajstić information content (AvgIpc) is 3.40. The summed E-state index contributed by atoms with van der Waals surface area (Å²) in [7, 11) is 0. The van der Waals surface area contributed by atoms with Crippen molar-refractivity contribution in [2.24, 2.45) is 5.92 Å². The second kappa shape index (κ2) is 9.87. The lowest BCUT2D eigenvalue weighted by Gasteiger charge is -2.20. The largest absolute Gasteiger partial charge is 0.461 e. The van der Waals surface area contributed by atoms with Gasteiger partial charge in [0.1, 0.15) is 18.8 Å². The smallest absolute Gasteiger partial charge is 0.334 e. The van der Waals surface area contributed by atoms with Crippen LogP contribution < -0.4 is 5.32 Å². The van der Waals surface area contributed by atoms with Crippen LogP contribution in [0.2, 0.25) is 0 Å². The minimum atomic E-state index is -0.416. The number of fused-ring (bicyclic) bond motifs is 3. The molecule has 3 aliphatic rings. The Labute approximate surface area is 193 Å². The van der Waals surface area contributed by atoms with E-state index in [0.717, 1.165) is 24.1 Å². The van der Waals surface area contributed by atoms with Crippen LogP contribution >= 0.6 is 0 Å². The van der Waals surface area contributed by atoms with Crippen molar-refractivity contribution in [3.05, 3.63) is 53.9 Å². The van der Waals surface area contributed by atoms with E-state index in [0.29, 0.717) is 25.0 Å². The first kappa shape index (κ1) is 23.2. The lowest BCUT2D eigenvalue weighted by molar-refractivity contribution is -0.144. The first-order valence-electron chi connectivity index (χ1n) is 11.4. The second-order valence-electron chi connectivity index (χ2n) is 9.05. The number of nitrogens with zero attached hydrogens (tertiary/aromatic N) is 1. The van der Waals surface area contributed by atoms with E-state index in [1.807, 2.05) is 25.1 Å². The molecular weight excluding hydrogens is 424 g/mol. The van der Waals surface area contributed by atoms with Gasteiger partial charge in [-0.1, -0.05) is 18.7 Å². The van der Waals surface area contributed by atoms with Gasteiger partial charge in [0.25, 0.3) is 0 Å². The zero-order valence-corrected chi connectivity index (χ0v) is 18.9. The summed E-state index contributed by atoms with van der Waals surface area (Å²) in [5, 5.41) is 2.75. The number of allylic oxidation sites excluding steroid dienone is 1. The minimum Gasteiger partial charge on any atom is -0.461 e. The molecule has 33 heavy (non-hydrogen) atoms. The molecule has 2 saturated heterocycles. The van der Waals surface area contributed by atoms with Crippen molar-refractivity contribution in [2.45, 2.75) is 69.8 Å². The van der Waals surface area contributed by atoms with Gasteiger partial charge in [0.05, 0.1) is 24.3 Å². The SMILES string of the molecule is C=C1C(=O)O[C@@H]2[C@H]3O[C@]3(C)CC/C=C(/COC(=O)CCC(=O)NCc3ccccn3)CC[C@@H]12. The number of hydrogen-bond donors (Lipinski definition) is 1. The first-order valence-corrected chi connectivity index (χ1v) is 11.4. The van der Waals surface area contributed by atoms with Crippen molar-refractivity contribution in [1.82, 2.24) is 10.3 Å². The first-order chi connectivity index (χ1) is 15.9. The summed E-state index contributed by atoms with van der Waals surface area (Å²) < 4.78 is 16.9. The molecule has 0 unspecified atom stereocenters. The van der Waals surface area contributed by atoms with Gasteiger partial charge in [-0.2, -0.15) is 0 Å². The molecule has 4 atom stereocenters. The lowest BCUT2D eigenvalue weighted by Crippen LogP contribution is -2.29. The van der Waals surface area contributed by atoms with Crippen molar-refractivity contribution in [3.8, 4) is 0 Å². The number of pyridine rings is 1. The third-order valence-corrected chi connectivity index (χ3v) is 6.61. The number of carbonyl (C=O) groups excluding carboxylic acids is 3. The number of hydrogen-bond acceptors (Lipinski definition) is 7. The molecule has 8 nitrogen and oxygen atoms in total. The summed E-state index contributed by atoms with van der Waals surface area (Å²) in [4.78, 5) is 40.4. The molecule has 2 fully saturated rings. The predicted octanol–water partition coefficient (Wildman–Crippen LogP) is 2.78. The van der Waals surface area contributed by atoms with E-state index in [2.05, 4.69) is 23.0 Å². The van der Waals surface area contributed by atoms with Crippen LogP contribution in [0.15, 0.2) is 48.2 Å². The Morgan fingerprint density at radius 2 is 2.18 bits per heavy atom. The molecular formula is C25H30N2O6. The van der Waals surface area contributed by atoms with Crippen LogP contribution in [0.3, 0.4) is 0 Å². The zero-order valence-electron chi connectivity index (χ0n) is 18.9. The summed E-state index contributed by atoms with van der Waals surface area (Å²) in [5.41, 5.74) is 1.95. The number of esters is 2. The monoisotopic (exact) mass is 454 g/mol. The number of aromatic nitrogens is 1. The van der Waals surface area contributed by atoms with Crippen LogP contribution in [0.1, 0.15) is 51.1 Å². The molecule has 4 rings (SSSR count). The standard InChI is InChI=1S/C25H30N2O6/c1-16-19-9-8-17(6-5-12-25(2)23(33-25)22(19)32-24(16)30)15-31-21(29)11-10-20(28)27-14-18-7-3-4-13-26-18/h3-4,6-7,13,19,22-23H,1,5,8-12,14-15H2,2H3,(H,27,28)/b17-6+/t19-,22-,23+,25+/m0/s1. The quantitative estimate of drug-likeness (QED) is 0.292. The fourth-order valence-electron chi connectivity index (χ4n) is 4.49. The Bertz CT molecular complexity index is 959. The molecule has 0 saturated carbocycles. The highest BCUT2D eigenvalue weighted by molar-refractivity contribution is 5.91. The van der Waals surface area contributed by atoms with Crippen molar-refractivity contribution in [3.63, 3.8) is 0 Å². The fraction of sp³-hybridized carbons (Fsp3) is 0.520. The Balaban J connectivity index is 1.24. The van der Waals surface area contributed by atoms with E-state index in [4.69, 9.17) is 14.2 Å². The highest BCUT2D eigenvalue weighted by atomic mass is 16.6. The summed E-state index contributed by atoms with van der Waals surface area (Å²) in [6.45, 7) is 6.46. The predicted molar refractivity (Wildman–Crippen MR) is 119 cm³/mol. The summed E-state index contributed by atoms with van der Waals surface area (Å²) in [6, 6.07) is 5.48. The van der Waals surface area contributed by atoms with E-state index in [-0.39, 0.29) is 55.1 Å². The van der Waals surface area contributed by atoms with Crippen molar-refractivity contribution in [2.75, 3.05) is 6.61 Å². The third-order valence-electron chi connectivity index (χ3n) is 6.61. The maximum absolute atomic E-state index is 12.2. The van der Waals surface area contributed by atoms with Crippen LogP contribution in [-0.2, 0) is 35.1 Å². The molecule has 2 aliphatic heterocycles.